The lowest BCUT2D eigenvalue weighted by atomic mass is 10.3. The summed E-state index contributed by atoms with van der Waals surface area (Å²) in [6.07, 6.45) is 1.97. The highest BCUT2D eigenvalue weighted by molar-refractivity contribution is 7.98. The van der Waals surface area contributed by atoms with Crippen molar-refractivity contribution in [1.29, 1.82) is 0 Å². The van der Waals surface area contributed by atoms with Crippen LogP contribution in [0.1, 0.15) is 0 Å². The monoisotopic (exact) mass is 337 g/mol. The summed E-state index contributed by atoms with van der Waals surface area (Å²) in [5.41, 5.74) is 0.521. The van der Waals surface area contributed by atoms with Gasteiger partial charge >= 0.3 is 0 Å². The molecule has 22 heavy (non-hydrogen) atoms. The van der Waals surface area contributed by atoms with Gasteiger partial charge in [-0.1, -0.05) is 0 Å². The molecule has 1 aliphatic heterocycles. The van der Waals surface area contributed by atoms with Gasteiger partial charge in [0.25, 0.3) is 10.0 Å². The summed E-state index contributed by atoms with van der Waals surface area (Å²) in [6.45, 7) is 0.888. The van der Waals surface area contributed by atoms with Crippen LogP contribution in [0.3, 0.4) is 0 Å². The minimum atomic E-state index is -3.66. The largest absolute Gasteiger partial charge is 0.486 e. The molecule has 0 atom stereocenters. The smallest absolute Gasteiger partial charge is 0.262 e. The van der Waals surface area contributed by atoms with E-state index in [0.29, 0.717) is 30.4 Å². The molecule has 1 N–H and O–H groups in total. The Morgan fingerprint density at radius 1 is 1.00 bits per heavy atom. The first-order valence-electron chi connectivity index (χ1n) is 6.65. The predicted octanol–water partition coefficient (Wildman–Crippen LogP) is 2.98. The third kappa shape index (κ3) is 3.15. The molecule has 3 rings (SSSR count). The topological polar surface area (TPSA) is 64.6 Å². The van der Waals surface area contributed by atoms with Crippen molar-refractivity contribution < 1.29 is 17.9 Å². The molecule has 7 heteroatoms. The summed E-state index contributed by atoms with van der Waals surface area (Å²) in [5.74, 6) is 1.02. The van der Waals surface area contributed by atoms with E-state index in [0.717, 1.165) is 4.90 Å². The van der Waals surface area contributed by atoms with E-state index < -0.39 is 10.0 Å². The van der Waals surface area contributed by atoms with Gasteiger partial charge in [-0.2, -0.15) is 0 Å². The third-order valence-corrected chi connectivity index (χ3v) is 5.29. The van der Waals surface area contributed by atoms with Crippen LogP contribution >= 0.6 is 11.8 Å². The van der Waals surface area contributed by atoms with Crippen molar-refractivity contribution in [2.24, 2.45) is 0 Å². The fourth-order valence-corrected chi connectivity index (χ4v) is 3.55. The van der Waals surface area contributed by atoms with Crippen LogP contribution in [0.15, 0.2) is 52.3 Å². The summed E-state index contributed by atoms with van der Waals surface area (Å²) < 4.78 is 38.2. The van der Waals surface area contributed by atoms with E-state index >= 15 is 0 Å². The summed E-state index contributed by atoms with van der Waals surface area (Å²) in [5, 5.41) is 0. The first kappa shape index (κ1) is 15.1. The van der Waals surface area contributed by atoms with E-state index in [2.05, 4.69) is 4.72 Å². The minimum absolute atomic E-state index is 0.144. The number of rotatable bonds is 4. The normalized spacial score (nSPS) is 13.7. The fourth-order valence-electron chi connectivity index (χ4n) is 2.06. The highest BCUT2D eigenvalue weighted by Crippen LogP contribution is 2.32. The van der Waals surface area contributed by atoms with Crippen LogP contribution in [0.5, 0.6) is 11.5 Å². The maximum Gasteiger partial charge on any atom is 0.262 e. The highest BCUT2D eigenvalue weighted by atomic mass is 32.2. The van der Waals surface area contributed by atoms with Crippen LogP contribution in [-0.2, 0) is 10.0 Å². The van der Waals surface area contributed by atoms with E-state index in [1.54, 1.807) is 30.0 Å². The molecular weight excluding hydrogens is 322 g/mol. The maximum atomic E-state index is 12.4. The van der Waals surface area contributed by atoms with Crippen LogP contribution in [0.4, 0.5) is 5.69 Å². The standard InChI is InChI=1S/C15H15NO4S2/c1-21-12-4-2-11(3-5-12)16-22(17,18)13-6-7-14-15(10-13)20-9-8-19-14/h2-7,10,16H,8-9H2,1H3. The summed E-state index contributed by atoms with van der Waals surface area (Å²) in [4.78, 5) is 1.22. The number of benzene rings is 2. The van der Waals surface area contributed by atoms with Crippen LogP contribution in [-0.4, -0.2) is 27.9 Å². The molecule has 2 aromatic rings. The molecule has 2 aromatic carbocycles. The van der Waals surface area contributed by atoms with Gasteiger partial charge in [-0.25, -0.2) is 8.42 Å². The Balaban J connectivity index is 1.85. The quantitative estimate of drug-likeness (QED) is 0.869. The van der Waals surface area contributed by atoms with E-state index in [1.165, 1.54) is 12.1 Å². The van der Waals surface area contributed by atoms with Crippen molar-refractivity contribution in [1.82, 2.24) is 0 Å². The van der Waals surface area contributed by atoms with Gasteiger partial charge in [-0.05, 0) is 42.7 Å². The van der Waals surface area contributed by atoms with Crippen molar-refractivity contribution in [3.05, 3.63) is 42.5 Å². The lowest BCUT2D eigenvalue weighted by Crippen LogP contribution is -2.17. The highest BCUT2D eigenvalue weighted by Gasteiger charge is 2.19. The SMILES string of the molecule is CSc1ccc(NS(=O)(=O)c2ccc3c(c2)OCCO3)cc1. The van der Waals surface area contributed by atoms with Crippen LogP contribution < -0.4 is 14.2 Å². The Labute approximate surface area is 133 Å². The van der Waals surface area contributed by atoms with Gasteiger partial charge in [-0.3, -0.25) is 4.72 Å². The molecule has 116 valence electrons. The lowest BCUT2D eigenvalue weighted by molar-refractivity contribution is 0.171. The van der Waals surface area contributed by atoms with Crippen molar-refractivity contribution >= 4 is 27.5 Å². The summed E-state index contributed by atoms with van der Waals surface area (Å²) in [7, 11) is -3.66. The molecule has 0 saturated carbocycles. The molecule has 1 aliphatic rings. The van der Waals surface area contributed by atoms with E-state index in [9.17, 15) is 8.42 Å². The maximum absolute atomic E-state index is 12.4. The second kappa shape index (κ2) is 6.10. The Hall–Kier alpha value is -1.86. The van der Waals surface area contributed by atoms with Crippen molar-refractivity contribution in [2.45, 2.75) is 9.79 Å². The van der Waals surface area contributed by atoms with Gasteiger partial charge in [0.15, 0.2) is 11.5 Å². The zero-order valence-electron chi connectivity index (χ0n) is 11.9. The molecule has 5 nitrogen and oxygen atoms in total. The minimum Gasteiger partial charge on any atom is -0.486 e. The molecule has 0 spiro atoms. The fraction of sp³-hybridized carbons (Fsp3) is 0.200. The van der Waals surface area contributed by atoms with Gasteiger partial charge < -0.3 is 9.47 Å². The van der Waals surface area contributed by atoms with Gasteiger partial charge in [0.05, 0.1) is 4.90 Å². The van der Waals surface area contributed by atoms with Crippen molar-refractivity contribution in [3.8, 4) is 11.5 Å². The Kier molecular flexibility index (Phi) is 4.17. The first-order chi connectivity index (χ1) is 10.6. The molecule has 0 radical (unpaired) electrons. The van der Waals surface area contributed by atoms with Crippen LogP contribution in [0.2, 0.25) is 0 Å². The van der Waals surface area contributed by atoms with Gasteiger partial charge in [0.1, 0.15) is 13.2 Å². The molecule has 0 saturated heterocycles. The average Bonchev–Trinajstić information content (AvgIpc) is 2.55. The number of sulfonamides is 1. The van der Waals surface area contributed by atoms with E-state index in [-0.39, 0.29) is 4.90 Å². The first-order valence-corrected chi connectivity index (χ1v) is 9.36. The third-order valence-electron chi connectivity index (χ3n) is 3.17. The predicted molar refractivity (Wildman–Crippen MR) is 86.5 cm³/mol. The van der Waals surface area contributed by atoms with Crippen molar-refractivity contribution in [3.63, 3.8) is 0 Å². The summed E-state index contributed by atoms with van der Waals surface area (Å²) >= 11 is 1.60. The molecule has 0 amide bonds. The Bertz CT molecular complexity index is 773. The van der Waals surface area contributed by atoms with E-state index in [1.807, 2.05) is 18.4 Å². The number of fused-ring (bicyclic) bond motifs is 1. The molecular formula is C15H15NO4S2. The summed E-state index contributed by atoms with van der Waals surface area (Å²) in [6, 6.07) is 11.8. The number of thioether (sulfide) groups is 1. The number of hydrogen-bond donors (Lipinski definition) is 1. The lowest BCUT2D eigenvalue weighted by Gasteiger charge is -2.19. The molecule has 0 unspecified atom stereocenters. The molecule has 0 fully saturated rings. The van der Waals surface area contributed by atoms with Gasteiger partial charge in [-0.15, -0.1) is 11.8 Å². The van der Waals surface area contributed by atoms with Crippen LogP contribution in [0.25, 0.3) is 0 Å². The van der Waals surface area contributed by atoms with Gasteiger partial charge in [0, 0.05) is 16.6 Å². The zero-order chi connectivity index (χ0) is 15.6. The number of hydrogen-bond acceptors (Lipinski definition) is 5. The molecule has 0 aliphatic carbocycles. The molecule has 0 aromatic heterocycles. The number of nitrogens with one attached hydrogen (secondary N) is 1. The average molecular weight is 337 g/mol. The Morgan fingerprint density at radius 3 is 2.36 bits per heavy atom. The van der Waals surface area contributed by atoms with Crippen LogP contribution in [0, 0.1) is 0 Å². The number of anilines is 1. The number of ether oxygens (including phenoxy) is 2. The second-order valence-electron chi connectivity index (χ2n) is 4.64. The Morgan fingerprint density at radius 2 is 1.68 bits per heavy atom. The van der Waals surface area contributed by atoms with E-state index in [4.69, 9.17) is 9.47 Å². The zero-order valence-corrected chi connectivity index (χ0v) is 13.5. The van der Waals surface area contributed by atoms with Gasteiger partial charge in [0.2, 0.25) is 0 Å². The molecule has 0 bridgehead atoms. The van der Waals surface area contributed by atoms with Crippen molar-refractivity contribution in [2.75, 3.05) is 24.2 Å². The second-order valence-corrected chi connectivity index (χ2v) is 7.20. The molecule has 1 heterocycles.